The van der Waals surface area contributed by atoms with Crippen LogP contribution in [0.2, 0.25) is 0 Å². The Balaban J connectivity index is 2.12. The zero-order chi connectivity index (χ0) is 13.0. The molecule has 0 unspecified atom stereocenters. The van der Waals surface area contributed by atoms with E-state index in [2.05, 4.69) is 15.9 Å². The van der Waals surface area contributed by atoms with E-state index in [0.717, 1.165) is 21.3 Å². The van der Waals surface area contributed by atoms with E-state index in [0.29, 0.717) is 13.2 Å². The average molecular weight is 310 g/mol. The van der Waals surface area contributed by atoms with E-state index < -0.39 is 0 Å². The van der Waals surface area contributed by atoms with Crippen LogP contribution in [-0.2, 0) is 13.2 Å². The first-order chi connectivity index (χ1) is 8.70. The van der Waals surface area contributed by atoms with Gasteiger partial charge in [0.1, 0.15) is 18.2 Å². The third-order valence-electron chi connectivity index (χ3n) is 2.56. The minimum Gasteiger partial charge on any atom is -0.487 e. The van der Waals surface area contributed by atoms with E-state index >= 15 is 0 Å². The van der Waals surface area contributed by atoms with Crippen LogP contribution in [0.1, 0.15) is 11.1 Å². The molecule has 0 heterocycles. The molecule has 0 aromatic heterocycles. The highest BCUT2D eigenvalue weighted by Gasteiger charge is 2.07. The third kappa shape index (κ3) is 3.09. The maximum absolute atomic E-state index is 12.8. The second-order valence-corrected chi connectivity index (χ2v) is 4.70. The van der Waals surface area contributed by atoms with Gasteiger partial charge >= 0.3 is 0 Å². The van der Waals surface area contributed by atoms with Gasteiger partial charge in [0.05, 0.1) is 4.47 Å². The van der Waals surface area contributed by atoms with Crippen LogP contribution in [0.3, 0.4) is 0 Å². The molecule has 0 radical (unpaired) electrons. The summed E-state index contributed by atoms with van der Waals surface area (Å²) in [5.41, 5.74) is 7.51. The standard InChI is InChI=1S/C14H13BrFNO/c15-13-3-1-2-11(8-17)14(13)18-9-10-4-6-12(16)7-5-10/h1-7H,8-9,17H2. The van der Waals surface area contributed by atoms with Crippen LogP contribution in [-0.4, -0.2) is 0 Å². The van der Waals surface area contributed by atoms with Gasteiger partial charge in [-0.05, 0) is 39.7 Å². The van der Waals surface area contributed by atoms with Crippen molar-refractivity contribution >= 4 is 15.9 Å². The lowest BCUT2D eigenvalue weighted by Crippen LogP contribution is -2.03. The molecule has 0 atom stereocenters. The first-order valence-corrected chi connectivity index (χ1v) is 6.34. The summed E-state index contributed by atoms with van der Waals surface area (Å²) in [6, 6.07) is 12.0. The summed E-state index contributed by atoms with van der Waals surface area (Å²) >= 11 is 3.43. The van der Waals surface area contributed by atoms with Crippen LogP contribution in [0.4, 0.5) is 4.39 Å². The van der Waals surface area contributed by atoms with Crippen LogP contribution in [0, 0.1) is 5.82 Å². The minimum absolute atomic E-state index is 0.248. The molecule has 0 aliphatic rings. The lowest BCUT2D eigenvalue weighted by Gasteiger charge is -2.12. The van der Waals surface area contributed by atoms with Gasteiger partial charge in [0.2, 0.25) is 0 Å². The number of hydrogen-bond donors (Lipinski definition) is 1. The maximum Gasteiger partial charge on any atom is 0.138 e. The van der Waals surface area contributed by atoms with Gasteiger partial charge in [0.15, 0.2) is 0 Å². The van der Waals surface area contributed by atoms with Crippen molar-refractivity contribution in [1.29, 1.82) is 0 Å². The van der Waals surface area contributed by atoms with Gasteiger partial charge in [-0.1, -0.05) is 24.3 Å². The topological polar surface area (TPSA) is 35.2 Å². The minimum atomic E-state index is -0.248. The Bertz CT molecular complexity index is 528. The first kappa shape index (κ1) is 13.1. The highest BCUT2D eigenvalue weighted by molar-refractivity contribution is 9.10. The van der Waals surface area contributed by atoms with E-state index in [1.165, 1.54) is 12.1 Å². The quantitative estimate of drug-likeness (QED) is 0.936. The van der Waals surface area contributed by atoms with Crippen molar-refractivity contribution < 1.29 is 9.13 Å². The predicted molar refractivity (Wildman–Crippen MR) is 72.8 cm³/mol. The molecule has 2 nitrogen and oxygen atoms in total. The van der Waals surface area contributed by atoms with Crippen molar-refractivity contribution in [2.45, 2.75) is 13.2 Å². The Morgan fingerprint density at radius 3 is 2.50 bits per heavy atom. The predicted octanol–water partition coefficient (Wildman–Crippen LogP) is 3.63. The number of hydrogen-bond acceptors (Lipinski definition) is 2. The third-order valence-corrected chi connectivity index (χ3v) is 3.19. The molecule has 2 N–H and O–H groups in total. The second kappa shape index (κ2) is 5.98. The van der Waals surface area contributed by atoms with Gasteiger partial charge in [0.25, 0.3) is 0 Å². The van der Waals surface area contributed by atoms with E-state index in [4.69, 9.17) is 10.5 Å². The molecule has 18 heavy (non-hydrogen) atoms. The summed E-state index contributed by atoms with van der Waals surface area (Å²) in [6.07, 6.45) is 0. The molecule has 4 heteroatoms. The fourth-order valence-electron chi connectivity index (χ4n) is 1.61. The Morgan fingerprint density at radius 2 is 1.83 bits per heavy atom. The molecule has 0 saturated heterocycles. The molecule has 0 aliphatic heterocycles. The molecular formula is C14H13BrFNO. The summed E-state index contributed by atoms with van der Waals surface area (Å²) in [5, 5.41) is 0. The Kier molecular flexibility index (Phi) is 4.33. The highest BCUT2D eigenvalue weighted by atomic mass is 79.9. The Morgan fingerprint density at radius 1 is 1.11 bits per heavy atom. The SMILES string of the molecule is NCc1cccc(Br)c1OCc1ccc(F)cc1. The van der Waals surface area contributed by atoms with Crippen LogP contribution in [0.25, 0.3) is 0 Å². The van der Waals surface area contributed by atoms with Crippen molar-refractivity contribution in [1.82, 2.24) is 0 Å². The van der Waals surface area contributed by atoms with Crippen molar-refractivity contribution in [3.8, 4) is 5.75 Å². The molecule has 2 aromatic rings. The molecule has 0 amide bonds. The van der Waals surface area contributed by atoms with Gasteiger partial charge in [0, 0.05) is 12.1 Å². The summed E-state index contributed by atoms with van der Waals surface area (Å²) in [4.78, 5) is 0. The number of benzene rings is 2. The van der Waals surface area contributed by atoms with Gasteiger partial charge in [-0.2, -0.15) is 0 Å². The first-order valence-electron chi connectivity index (χ1n) is 5.55. The number of nitrogens with two attached hydrogens (primary N) is 1. The monoisotopic (exact) mass is 309 g/mol. The molecule has 94 valence electrons. The lowest BCUT2D eigenvalue weighted by atomic mass is 10.2. The summed E-state index contributed by atoms with van der Waals surface area (Å²) in [6.45, 7) is 0.800. The van der Waals surface area contributed by atoms with Gasteiger partial charge in [-0.3, -0.25) is 0 Å². The van der Waals surface area contributed by atoms with E-state index in [1.807, 2.05) is 18.2 Å². The van der Waals surface area contributed by atoms with E-state index in [1.54, 1.807) is 12.1 Å². The summed E-state index contributed by atoms with van der Waals surface area (Å²) in [7, 11) is 0. The molecule has 0 bridgehead atoms. The van der Waals surface area contributed by atoms with Crippen molar-refractivity contribution in [2.24, 2.45) is 5.73 Å². The van der Waals surface area contributed by atoms with Crippen molar-refractivity contribution in [2.75, 3.05) is 0 Å². The number of ether oxygens (including phenoxy) is 1. The fraction of sp³-hybridized carbons (Fsp3) is 0.143. The number of para-hydroxylation sites is 1. The van der Waals surface area contributed by atoms with Gasteiger partial charge < -0.3 is 10.5 Å². The molecule has 2 aromatic carbocycles. The average Bonchev–Trinajstić information content (AvgIpc) is 2.39. The molecule has 0 saturated carbocycles. The van der Waals surface area contributed by atoms with E-state index in [9.17, 15) is 4.39 Å². The van der Waals surface area contributed by atoms with Crippen LogP contribution in [0.5, 0.6) is 5.75 Å². The Labute approximate surface area is 114 Å². The van der Waals surface area contributed by atoms with Crippen LogP contribution >= 0.6 is 15.9 Å². The van der Waals surface area contributed by atoms with Gasteiger partial charge in [-0.15, -0.1) is 0 Å². The smallest absolute Gasteiger partial charge is 0.138 e. The number of rotatable bonds is 4. The van der Waals surface area contributed by atoms with E-state index in [-0.39, 0.29) is 5.82 Å². The number of halogens is 2. The molecule has 0 aliphatic carbocycles. The summed E-state index contributed by atoms with van der Waals surface area (Å²) in [5.74, 6) is 0.492. The Hall–Kier alpha value is -1.39. The zero-order valence-electron chi connectivity index (χ0n) is 9.70. The molecule has 0 spiro atoms. The maximum atomic E-state index is 12.8. The van der Waals surface area contributed by atoms with Crippen molar-refractivity contribution in [3.63, 3.8) is 0 Å². The van der Waals surface area contributed by atoms with Crippen LogP contribution < -0.4 is 10.5 Å². The zero-order valence-corrected chi connectivity index (χ0v) is 11.3. The normalized spacial score (nSPS) is 10.4. The molecule has 0 fully saturated rings. The highest BCUT2D eigenvalue weighted by Crippen LogP contribution is 2.29. The van der Waals surface area contributed by atoms with Crippen molar-refractivity contribution in [3.05, 3.63) is 63.9 Å². The van der Waals surface area contributed by atoms with Gasteiger partial charge in [-0.25, -0.2) is 4.39 Å². The summed E-state index contributed by atoms with van der Waals surface area (Å²) < 4.78 is 19.4. The second-order valence-electron chi connectivity index (χ2n) is 3.85. The molecule has 2 rings (SSSR count). The fourth-order valence-corrected chi connectivity index (χ4v) is 2.13. The largest absolute Gasteiger partial charge is 0.487 e. The van der Waals surface area contributed by atoms with Crippen LogP contribution in [0.15, 0.2) is 46.9 Å². The lowest BCUT2D eigenvalue weighted by molar-refractivity contribution is 0.301. The molecular weight excluding hydrogens is 297 g/mol.